The molecule has 0 aromatic heterocycles. The van der Waals surface area contributed by atoms with Crippen LogP contribution in [0.3, 0.4) is 0 Å². The Morgan fingerprint density at radius 3 is 2.33 bits per heavy atom. The van der Waals surface area contributed by atoms with Gasteiger partial charge in [0.15, 0.2) is 9.84 Å². The molecule has 0 radical (unpaired) electrons. The van der Waals surface area contributed by atoms with Crippen LogP contribution in [0.5, 0.6) is 11.5 Å². The molecule has 9 nitrogen and oxygen atoms in total. The maximum atomic E-state index is 13.6. The van der Waals surface area contributed by atoms with E-state index in [1.165, 1.54) is 25.3 Å². The Bertz CT molecular complexity index is 1230. The van der Waals surface area contributed by atoms with Crippen LogP contribution in [0.15, 0.2) is 55.1 Å². The number of piperazine rings is 1. The number of amides is 1. The summed E-state index contributed by atoms with van der Waals surface area (Å²) in [5.74, 6) is -0.663. The van der Waals surface area contributed by atoms with E-state index >= 15 is 0 Å². The molecule has 1 aliphatic heterocycles. The molecule has 1 N–H and O–H groups in total. The molecule has 2 aromatic carbocycles. The molecule has 2 aromatic rings. The van der Waals surface area contributed by atoms with Gasteiger partial charge < -0.3 is 14.4 Å². The van der Waals surface area contributed by atoms with Crippen molar-refractivity contribution in [3.05, 3.63) is 66.5 Å². The number of sulfone groups is 1. The van der Waals surface area contributed by atoms with Crippen molar-refractivity contribution in [2.45, 2.75) is 32.2 Å². The number of methoxy groups -OCH3 is 2. The lowest BCUT2D eigenvalue weighted by molar-refractivity contribution is -0.138. The van der Waals surface area contributed by atoms with Gasteiger partial charge >= 0.3 is 0 Å². The number of hydrogen-bond acceptors (Lipinski definition) is 8. The van der Waals surface area contributed by atoms with Crippen LogP contribution in [-0.2, 0) is 26.1 Å². The van der Waals surface area contributed by atoms with E-state index in [2.05, 4.69) is 17.0 Å². The van der Waals surface area contributed by atoms with Crippen LogP contribution < -0.4 is 19.9 Å². The summed E-state index contributed by atoms with van der Waals surface area (Å²) in [6.07, 6.45) is 1.81. The Morgan fingerprint density at radius 2 is 1.75 bits per heavy atom. The van der Waals surface area contributed by atoms with Gasteiger partial charge in [0, 0.05) is 43.5 Å². The van der Waals surface area contributed by atoms with Gasteiger partial charge in [-0.2, -0.15) is 0 Å². The summed E-state index contributed by atoms with van der Waals surface area (Å²) in [4.78, 5) is 22.5. The highest BCUT2D eigenvalue weighted by Crippen LogP contribution is 2.26. The lowest BCUT2D eigenvalue weighted by atomic mass is 9.98. The van der Waals surface area contributed by atoms with E-state index in [1.54, 1.807) is 37.4 Å². The lowest BCUT2D eigenvalue weighted by Gasteiger charge is -2.39. The summed E-state index contributed by atoms with van der Waals surface area (Å²) < 4.78 is 51.0. The first kappa shape index (κ1) is 31.4. The number of carbonyl (C=O) groups is 1. The van der Waals surface area contributed by atoms with Crippen LogP contribution in [0.25, 0.3) is 0 Å². The van der Waals surface area contributed by atoms with E-state index in [0.717, 1.165) is 5.69 Å². The Kier molecular flexibility index (Phi) is 11.4. The zero-order chi connectivity index (χ0) is 29.3. The molecule has 3 rings (SSSR count). The fourth-order valence-corrected chi connectivity index (χ4v) is 6.85. The quantitative estimate of drug-likeness (QED) is 0.268. The van der Waals surface area contributed by atoms with Crippen molar-refractivity contribution in [3.8, 4) is 11.5 Å². The average molecular weight is 578 g/mol. The fraction of sp³-hybridized carbons (Fsp3) is 0.483. The Hall–Kier alpha value is -3.15. The normalized spacial score (nSPS) is 15.9. The van der Waals surface area contributed by atoms with Gasteiger partial charge in [-0.05, 0) is 48.7 Å². The average Bonchev–Trinajstić information content (AvgIpc) is 2.93. The van der Waals surface area contributed by atoms with Gasteiger partial charge in [0.2, 0.25) is 5.91 Å². The largest absolute Gasteiger partial charge is 0.497 e. The number of hydrogen-bond donors (Lipinski definition) is 1. The summed E-state index contributed by atoms with van der Waals surface area (Å²) in [6, 6.07) is 11.5. The second kappa shape index (κ2) is 14.5. The van der Waals surface area contributed by atoms with Gasteiger partial charge in [-0.15, -0.1) is 6.58 Å². The minimum Gasteiger partial charge on any atom is -0.497 e. The molecular formula is C29H40FN3O6S. The molecular weight excluding hydrogens is 537 g/mol. The monoisotopic (exact) mass is 577 g/mol. The molecule has 0 saturated carbocycles. The first-order valence-corrected chi connectivity index (χ1v) is 15.0. The number of nitrogens with zero attached hydrogens (tertiary/aromatic N) is 2. The molecule has 0 aliphatic carbocycles. The Balaban J connectivity index is 1.62. The number of halogens is 1. The molecule has 2 atom stereocenters. The van der Waals surface area contributed by atoms with Crippen molar-refractivity contribution < 1.29 is 31.9 Å². The third kappa shape index (κ3) is 8.42. The van der Waals surface area contributed by atoms with Gasteiger partial charge in [0.05, 0.1) is 25.9 Å². The summed E-state index contributed by atoms with van der Waals surface area (Å²) >= 11 is 0. The molecule has 1 saturated heterocycles. The standard InChI is InChI=1S/C29H40FN3O6S/c1-6-28(33-15-13-32(14-16-33)25-10-8-24(30)9-11-25)40(35,36)20-23(17-21(2)3)29(34)31-39-19-22-7-12-26(37-4)18-27(22)38-5/h6-12,18,21,23,28H,1,13-17,19-20H2,2-5H3,(H,31,34). The molecule has 2 unspecified atom stereocenters. The minimum absolute atomic E-state index is 0.0354. The third-order valence-corrected chi connectivity index (χ3v) is 8.98. The third-order valence-electron chi connectivity index (χ3n) is 6.89. The highest BCUT2D eigenvalue weighted by molar-refractivity contribution is 7.92. The number of ether oxygens (including phenoxy) is 2. The number of anilines is 1. The number of benzene rings is 2. The minimum atomic E-state index is -3.76. The van der Waals surface area contributed by atoms with Gasteiger partial charge in [-0.1, -0.05) is 19.9 Å². The topological polar surface area (TPSA) is 97.4 Å². The number of nitrogens with one attached hydrogen (secondary N) is 1. The van der Waals surface area contributed by atoms with Crippen molar-refractivity contribution in [1.82, 2.24) is 10.4 Å². The molecule has 11 heteroatoms. The van der Waals surface area contributed by atoms with Crippen molar-refractivity contribution in [2.75, 3.05) is 51.1 Å². The lowest BCUT2D eigenvalue weighted by Crippen LogP contribution is -2.53. The number of rotatable bonds is 14. The highest BCUT2D eigenvalue weighted by Gasteiger charge is 2.35. The molecule has 1 amide bonds. The fourth-order valence-electron chi connectivity index (χ4n) is 4.85. The van der Waals surface area contributed by atoms with E-state index in [9.17, 15) is 17.6 Å². The van der Waals surface area contributed by atoms with Crippen molar-refractivity contribution in [3.63, 3.8) is 0 Å². The zero-order valence-electron chi connectivity index (χ0n) is 23.6. The van der Waals surface area contributed by atoms with Crippen LogP contribution in [0.1, 0.15) is 25.8 Å². The zero-order valence-corrected chi connectivity index (χ0v) is 24.5. The summed E-state index contributed by atoms with van der Waals surface area (Å²) in [5, 5.41) is -0.921. The maximum absolute atomic E-state index is 13.6. The maximum Gasteiger partial charge on any atom is 0.247 e. The van der Waals surface area contributed by atoms with E-state index in [0.29, 0.717) is 49.7 Å². The number of carbonyl (C=O) groups excluding carboxylic acids is 1. The molecule has 0 spiro atoms. The molecule has 1 aliphatic rings. The molecule has 0 bridgehead atoms. The first-order chi connectivity index (χ1) is 19.1. The van der Waals surface area contributed by atoms with Gasteiger partial charge in [0.1, 0.15) is 29.3 Å². The van der Waals surface area contributed by atoms with Crippen LogP contribution in [0.2, 0.25) is 0 Å². The summed E-state index contributed by atoms with van der Waals surface area (Å²) in [6.45, 7) is 9.86. The highest BCUT2D eigenvalue weighted by atomic mass is 32.2. The van der Waals surface area contributed by atoms with Crippen LogP contribution in [0, 0.1) is 17.7 Å². The van der Waals surface area contributed by atoms with Crippen LogP contribution in [0.4, 0.5) is 10.1 Å². The molecule has 1 heterocycles. The summed E-state index contributed by atoms with van der Waals surface area (Å²) in [5.41, 5.74) is 4.03. The van der Waals surface area contributed by atoms with Crippen molar-refractivity contribution >= 4 is 21.4 Å². The molecule has 220 valence electrons. The number of hydroxylamine groups is 1. The van der Waals surface area contributed by atoms with Gasteiger partial charge in [-0.3, -0.25) is 14.5 Å². The van der Waals surface area contributed by atoms with E-state index < -0.39 is 27.0 Å². The van der Waals surface area contributed by atoms with Gasteiger partial charge in [0.25, 0.3) is 0 Å². The predicted molar refractivity (Wildman–Crippen MR) is 153 cm³/mol. The smallest absolute Gasteiger partial charge is 0.247 e. The first-order valence-electron chi connectivity index (χ1n) is 13.3. The Labute approximate surface area is 236 Å². The van der Waals surface area contributed by atoms with Crippen LogP contribution in [-0.4, -0.2) is 70.8 Å². The van der Waals surface area contributed by atoms with E-state index in [-0.39, 0.29) is 24.1 Å². The van der Waals surface area contributed by atoms with E-state index in [1.807, 2.05) is 18.7 Å². The van der Waals surface area contributed by atoms with Crippen LogP contribution >= 0.6 is 0 Å². The van der Waals surface area contributed by atoms with Crippen molar-refractivity contribution in [2.24, 2.45) is 11.8 Å². The summed E-state index contributed by atoms with van der Waals surface area (Å²) in [7, 11) is -0.674. The SMILES string of the molecule is C=CC(N1CCN(c2ccc(F)cc2)CC1)S(=O)(=O)CC(CC(C)C)C(=O)NOCc1ccc(OC)cc1OC. The van der Waals surface area contributed by atoms with Crippen molar-refractivity contribution in [1.29, 1.82) is 0 Å². The van der Waals surface area contributed by atoms with Gasteiger partial charge in [-0.25, -0.2) is 18.3 Å². The molecule has 40 heavy (non-hydrogen) atoms. The Morgan fingerprint density at radius 1 is 1.07 bits per heavy atom. The van der Waals surface area contributed by atoms with E-state index in [4.69, 9.17) is 14.3 Å². The second-order valence-corrected chi connectivity index (χ2v) is 12.4. The second-order valence-electron chi connectivity index (χ2n) is 10.2. The molecule has 1 fully saturated rings. The predicted octanol–water partition coefficient (Wildman–Crippen LogP) is 3.80.